The maximum Gasteiger partial charge on any atom is 0.341 e. The molecule has 0 bridgehead atoms. The van der Waals surface area contributed by atoms with Crippen LogP contribution >= 0.6 is 22.6 Å². The lowest BCUT2D eigenvalue weighted by Gasteiger charge is -2.13. The standard InChI is InChI=1S/C16H13FIN3O2/c1-3-23-16(22)11-6-9(2)14(8-19)21-15(11)20-13-5-4-10(18)7-12(13)17/h4-7H,3H2,1-2H3,(H,20,21). The number of hydrogen-bond donors (Lipinski definition) is 1. The minimum Gasteiger partial charge on any atom is -0.462 e. The molecular weight excluding hydrogens is 412 g/mol. The van der Waals surface area contributed by atoms with Crippen LogP contribution in [0.25, 0.3) is 0 Å². The van der Waals surface area contributed by atoms with E-state index in [0.717, 1.165) is 3.57 Å². The molecule has 5 nitrogen and oxygen atoms in total. The fourth-order valence-corrected chi connectivity index (χ4v) is 2.36. The van der Waals surface area contributed by atoms with Crippen molar-refractivity contribution in [1.29, 1.82) is 5.26 Å². The number of hydrogen-bond acceptors (Lipinski definition) is 5. The second-order valence-electron chi connectivity index (χ2n) is 4.63. The Balaban J connectivity index is 2.50. The largest absolute Gasteiger partial charge is 0.462 e. The van der Waals surface area contributed by atoms with Crippen molar-refractivity contribution in [2.24, 2.45) is 0 Å². The summed E-state index contributed by atoms with van der Waals surface area (Å²) in [5, 5.41) is 11.9. The molecule has 1 aromatic carbocycles. The number of aryl methyl sites for hydroxylation is 1. The number of aromatic nitrogens is 1. The first-order valence-electron chi connectivity index (χ1n) is 6.77. The van der Waals surface area contributed by atoms with Crippen molar-refractivity contribution in [3.05, 3.63) is 50.5 Å². The lowest BCUT2D eigenvalue weighted by Crippen LogP contribution is -2.11. The van der Waals surface area contributed by atoms with Gasteiger partial charge >= 0.3 is 5.97 Å². The number of halogens is 2. The molecule has 0 aliphatic heterocycles. The number of rotatable bonds is 4. The van der Waals surface area contributed by atoms with Crippen molar-refractivity contribution in [3.8, 4) is 6.07 Å². The SMILES string of the molecule is CCOC(=O)c1cc(C)c(C#N)nc1Nc1ccc(I)cc1F. The Bertz CT molecular complexity index is 803. The summed E-state index contributed by atoms with van der Waals surface area (Å²) < 4.78 is 19.7. The van der Waals surface area contributed by atoms with E-state index in [2.05, 4.69) is 10.3 Å². The number of carbonyl (C=O) groups excluding carboxylic acids is 1. The Morgan fingerprint density at radius 1 is 1.48 bits per heavy atom. The molecule has 2 aromatic rings. The normalized spacial score (nSPS) is 10.0. The van der Waals surface area contributed by atoms with Gasteiger partial charge in [0.15, 0.2) is 0 Å². The van der Waals surface area contributed by atoms with Gasteiger partial charge in [0.05, 0.1) is 12.3 Å². The van der Waals surface area contributed by atoms with Gasteiger partial charge in [-0.25, -0.2) is 14.2 Å². The Labute approximate surface area is 146 Å². The second-order valence-corrected chi connectivity index (χ2v) is 5.88. The molecule has 7 heteroatoms. The molecule has 0 saturated carbocycles. The monoisotopic (exact) mass is 425 g/mol. The van der Waals surface area contributed by atoms with Crippen LogP contribution in [-0.2, 0) is 4.74 Å². The van der Waals surface area contributed by atoms with Crippen LogP contribution in [0, 0.1) is 27.6 Å². The van der Waals surface area contributed by atoms with Crippen LogP contribution in [0.15, 0.2) is 24.3 Å². The van der Waals surface area contributed by atoms with Gasteiger partial charge in [0.1, 0.15) is 29.0 Å². The molecule has 1 N–H and O–H groups in total. The summed E-state index contributed by atoms with van der Waals surface area (Å²) in [6.45, 7) is 3.56. The number of pyridine rings is 1. The molecule has 0 aliphatic rings. The molecule has 23 heavy (non-hydrogen) atoms. The molecule has 0 fully saturated rings. The van der Waals surface area contributed by atoms with E-state index in [1.165, 1.54) is 12.1 Å². The zero-order chi connectivity index (χ0) is 17.0. The number of carbonyl (C=O) groups is 1. The maximum atomic E-state index is 14.0. The first-order chi connectivity index (χ1) is 11.0. The van der Waals surface area contributed by atoms with Crippen molar-refractivity contribution in [1.82, 2.24) is 4.98 Å². The van der Waals surface area contributed by atoms with Crippen molar-refractivity contribution >= 4 is 40.1 Å². The van der Waals surface area contributed by atoms with E-state index in [9.17, 15) is 9.18 Å². The number of esters is 1. The first-order valence-corrected chi connectivity index (χ1v) is 7.85. The Hall–Kier alpha value is -2.21. The average Bonchev–Trinajstić information content (AvgIpc) is 2.51. The van der Waals surface area contributed by atoms with Gasteiger partial charge in [-0.05, 0) is 66.3 Å². The van der Waals surface area contributed by atoms with Crippen LogP contribution < -0.4 is 5.32 Å². The van der Waals surface area contributed by atoms with Crippen LogP contribution in [0.2, 0.25) is 0 Å². The number of nitriles is 1. The number of nitrogens with zero attached hydrogens (tertiary/aromatic N) is 2. The quantitative estimate of drug-likeness (QED) is 0.594. The summed E-state index contributed by atoms with van der Waals surface area (Å²) in [6.07, 6.45) is 0. The minimum atomic E-state index is -0.582. The molecule has 1 aromatic heterocycles. The van der Waals surface area contributed by atoms with Crippen molar-refractivity contribution in [2.75, 3.05) is 11.9 Å². The Morgan fingerprint density at radius 2 is 2.22 bits per heavy atom. The third-order valence-electron chi connectivity index (χ3n) is 3.00. The third kappa shape index (κ3) is 3.96. The predicted molar refractivity (Wildman–Crippen MR) is 92.0 cm³/mol. The van der Waals surface area contributed by atoms with Gasteiger partial charge in [-0.3, -0.25) is 0 Å². The van der Waals surface area contributed by atoms with Gasteiger partial charge in [0, 0.05) is 3.57 Å². The number of anilines is 2. The number of nitrogens with one attached hydrogen (secondary N) is 1. The summed E-state index contributed by atoms with van der Waals surface area (Å²) in [5.74, 6) is -0.973. The first kappa shape index (κ1) is 17.1. The average molecular weight is 425 g/mol. The molecule has 0 atom stereocenters. The van der Waals surface area contributed by atoms with Crippen LogP contribution in [0.1, 0.15) is 28.5 Å². The van der Waals surface area contributed by atoms with Crippen LogP contribution in [0.5, 0.6) is 0 Å². The van der Waals surface area contributed by atoms with E-state index < -0.39 is 11.8 Å². The topological polar surface area (TPSA) is 75.0 Å². The third-order valence-corrected chi connectivity index (χ3v) is 3.67. The van der Waals surface area contributed by atoms with E-state index in [1.54, 1.807) is 26.0 Å². The Morgan fingerprint density at radius 3 is 2.83 bits per heavy atom. The van der Waals surface area contributed by atoms with Crippen molar-refractivity contribution < 1.29 is 13.9 Å². The lowest BCUT2D eigenvalue weighted by molar-refractivity contribution is 0.0527. The van der Waals surface area contributed by atoms with E-state index in [0.29, 0.717) is 5.56 Å². The van der Waals surface area contributed by atoms with Crippen LogP contribution in [-0.4, -0.2) is 17.6 Å². The van der Waals surface area contributed by atoms with Crippen molar-refractivity contribution in [3.63, 3.8) is 0 Å². The molecule has 0 aliphatic carbocycles. The summed E-state index contributed by atoms with van der Waals surface area (Å²) >= 11 is 2.00. The summed E-state index contributed by atoms with van der Waals surface area (Å²) in [4.78, 5) is 16.2. The minimum absolute atomic E-state index is 0.0886. The second kappa shape index (κ2) is 7.37. The number of ether oxygens (including phenoxy) is 1. The highest BCUT2D eigenvalue weighted by Gasteiger charge is 2.18. The molecule has 0 spiro atoms. The Kier molecular flexibility index (Phi) is 5.50. The molecule has 1 heterocycles. The van der Waals surface area contributed by atoms with Gasteiger partial charge in [-0.15, -0.1) is 0 Å². The molecule has 118 valence electrons. The zero-order valence-electron chi connectivity index (χ0n) is 12.5. The maximum absolute atomic E-state index is 14.0. The molecule has 2 rings (SSSR count). The van der Waals surface area contributed by atoms with Crippen LogP contribution in [0.3, 0.4) is 0 Å². The van der Waals surface area contributed by atoms with E-state index in [-0.39, 0.29) is 29.4 Å². The smallest absolute Gasteiger partial charge is 0.341 e. The summed E-state index contributed by atoms with van der Waals surface area (Å²) in [6, 6.07) is 8.07. The van der Waals surface area contributed by atoms with Gasteiger partial charge in [-0.2, -0.15) is 5.26 Å². The molecule has 0 saturated heterocycles. The fourth-order valence-electron chi connectivity index (χ4n) is 1.90. The molecule has 0 unspecified atom stereocenters. The van der Waals surface area contributed by atoms with Gasteiger partial charge in [0.2, 0.25) is 0 Å². The van der Waals surface area contributed by atoms with E-state index in [4.69, 9.17) is 10.00 Å². The van der Waals surface area contributed by atoms with Gasteiger partial charge in [0.25, 0.3) is 0 Å². The molecule has 0 amide bonds. The van der Waals surface area contributed by atoms with Gasteiger partial charge < -0.3 is 10.1 Å². The highest BCUT2D eigenvalue weighted by atomic mass is 127. The highest BCUT2D eigenvalue weighted by Crippen LogP contribution is 2.25. The lowest BCUT2D eigenvalue weighted by atomic mass is 10.1. The summed E-state index contributed by atoms with van der Waals surface area (Å²) in [5.41, 5.74) is 1.02. The van der Waals surface area contributed by atoms with E-state index >= 15 is 0 Å². The zero-order valence-corrected chi connectivity index (χ0v) is 14.6. The van der Waals surface area contributed by atoms with Crippen LogP contribution in [0.4, 0.5) is 15.9 Å². The van der Waals surface area contributed by atoms with Crippen molar-refractivity contribution in [2.45, 2.75) is 13.8 Å². The molecular formula is C16H13FIN3O2. The fraction of sp³-hybridized carbons (Fsp3) is 0.188. The number of benzene rings is 1. The molecule has 0 radical (unpaired) electrons. The highest BCUT2D eigenvalue weighted by molar-refractivity contribution is 14.1. The predicted octanol–water partition coefficient (Wildman–Crippen LogP) is 3.93. The van der Waals surface area contributed by atoms with E-state index in [1.807, 2.05) is 28.7 Å². The summed E-state index contributed by atoms with van der Waals surface area (Å²) in [7, 11) is 0. The van der Waals surface area contributed by atoms with Gasteiger partial charge in [-0.1, -0.05) is 0 Å².